The molecule has 0 amide bonds. The van der Waals surface area contributed by atoms with Gasteiger partial charge in [0.25, 0.3) is 0 Å². The van der Waals surface area contributed by atoms with Crippen molar-refractivity contribution in [2.75, 3.05) is 23.8 Å². The molecule has 29 heavy (non-hydrogen) atoms. The smallest absolute Gasteiger partial charge is 0.201 e. The molecule has 0 saturated heterocycles. The maximum absolute atomic E-state index is 12.4. The average Bonchev–Trinajstić information content (AvgIpc) is 2.73. The van der Waals surface area contributed by atoms with Crippen LogP contribution >= 0.6 is 0 Å². The Balaban J connectivity index is 2.30. The Kier molecular flexibility index (Phi) is 8.29. The fraction of sp³-hybridized carbons (Fsp3) is 0.333. The van der Waals surface area contributed by atoms with Gasteiger partial charge in [0, 0.05) is 11.4 Å². The lowest BCUT2D eigenvalue weighted by Crippen LogP contribution is -2.43. The van der Waals surface area contributed by atoms with Gasteiger partial charge in [-0.15, -0.1) is 0 Å². The quantitative estimate of drug-likeness (QED) is 0.285. The van der Waals surface area contributed by atoms with Crippen molar-refractivity contribution in [1.82, 2.24) is 0 Å². The molecule has 0 unspecified atom stereocenters. The normalized spacial score (nSPS) is 13.9. The minimum Gasteiger partial charge on any atom is -0.394 e. The number of carbonyl (C=O) groups is 1. The van der Waals surface area contributed by atoms with Crippen molar-refractivity contribution in [2.45, 2.75) is 32.1 Å². The molecule has 6 N–H and O–H groups in total. The zero-order valence-electron chi connectivity index (χ0n) is 16.4. The van der Waals surface area contributed by atoms with Crippen LogP contribution in [-0.4, -0.2) is 63.6 Å². The van der Waals surface area contributed by atoms with Crippen molar-refractivity contribution >= 4 is 23.1 Å². The maximum atomic E-state index is 12.4. The van der Waals surface area contributed by atoms with Crippen molar-refractivity contribution in [3.8, 4) is 0 Å². The third-order valence-electron chi connectivity index (χ3n) is 4.26. The Labute approximate surface area is 169 Å². The molecule has 8 heteroatoms. The van der Waals surface area contributed by atoms with Crippen LogP contribution in [0.25, 0.3) is 0 Å². The van der Waals surface area contributed by atoms with Gasteiger partial charge in [-0.3, -0.25) is 4.79 Å². The van der Waals surface area contributed by atoms with Crippen LogP contribution in [0.2, 0.25) is 0 Å². The number of ketones is 1. The number of anilines is 2. The number of nitrogens with one attached hydrogen (secondary N) is 2. The minimum absolute atomic E-state index is 0.177. The fourth-order valence-corrected chi connectivity index (χ4v) is 2.48. The zero-order chi connectivity index (χ0) is 21.4. The van der Waals surface area contributed by atoms with Gasteiger partial charge in [0.15, 0.2) is 5.78 Å². The number of carbonyl (C=O) groups excluding carboxylic acids is 1. The van der Waals surface area contributed by atoms with E-state index < -0.39 is 37.2 Å². The molecule has 2 aromatic rings. The van der Waals surface area contributed by atoms with Gasteiger partial charge < -0.3 is 31.1 Å². The van der Waals surface area contributed by atoms with Crippen LogP contribution in [0.4, 0.5) is 11.4 Å². The number of benzene rings is 2. The highest BCUT2D eigenvalue weighted by Gasteiger charge is 2.30. The first-order valence-electron chi connectivity index (χ1n) is 9.20. The predicted molar refractivity (Wildman–Crippen MR) is 112 cm³/mol. The van der Waals surface area contributed by atoms with Crippen LogP contribution in [0.5, 0.6) is 0 Å². The summed E-state index contributed by atoms with van der Waals surface area (Å²) in [5, 5.41) is 44.0. The molecule has 0 saturated carbocycles. The first-order chi connectivity index (χ1) is 13.8. The second kappa shape index (κ2) is 10.7. The Morgan fingerprint density at radius 1 is 0.862 bits per heavy atom. The maximum Gasteiger partial charge on any atom is 0.201 e. The SMILES string of the molecule is Cc1ccc(NC(=N[C@@H](CO)C(=O)[C@H](O)[C@H](O)CO)Nc2ccc(C)cc2)cc1. The monoisotopic (exact) mass is 401 g/mol. The van der Waals surface area contributed by atoms with Gasteiger partial charge in [0.05, 0.1) is 13.2 Å². The van der Waals surface area contributed by atoms with Gasteiger partial charge in [-0.25, -0.2) is 4.99 Å². The molecular formula is C21H27N3O5. The van der Waals surface area contributed by atoms with Gasteiger partial charge in [0.2, 0.25) is 5.96 Å². The third kappa shape index (κ3) is 6.65. The number of aliphatic imine (C=N–C) groups is 1. The minimum atomic E-state index is -1.86. The molecule has 0 heterocycles. The summed E-state index contributed by atoms with van der Waals surface area (Å²) in [7, 11) is 0. The second-order valence-electron chi connectivity index (χ2n) is 6.76. The van der Waals surface area contributed by atoms with E-state index in [-0.39, 0.29) is 5.96 Å². The van der Waals surface area contributed by atoms with Crippen LogP contribution < -0.4 is 10.6 Å². The second-order valence-corrected chi connectivity index (χ2v) is 6.76. The number of guanidine groups is 1. The topological polar surface area (TPSA) is 134 Å². The van der Waals surface area contributed by atoms with Gasteiger partial charge in [0.1, 0.15) is 18.2 Å². The van der Waals surface area contributed by atoms with E-state index in [0.29, 0.717) is 11.4 Å². The molecule has 0 fully saturated rings. The van der Waals surface area contributed by atoms with Crippen LogP contribution in [0.1, 0.15) is 11.1 Å². The van der Waals surface area contributed by atoms with Crippen LogP contribution in [0.15, 0.2) is 53.5 Å². The van der Waals surface area contributed by atoms with Gasteiger partial charge in [-0.05, 0) is 38.1 Å². The number of rotatable bonds is 8. The first kappa shape index (κ1) is 22.5. The largest absolute Gasteiger partial charge is 0.394 e. The number of hydrogen-bond donors (Lipinski definition) is 6. The van der Waals surface area contributed by atoms with Crippen molar-refractivity contribution in [3.05, 3.63) is 59.7 Å². The molecular weight excluding hydrogens is 374 g/mol. The molecule has 3 atom stereocenters. The number of aryl methyl sites for hydroxylation is 2. The summed E-state index contributed by atoms with van der Waals surface area (Å²) < 4.78 is 0. The predicted octanol–water partition coefficient (Wildman–Crippen LogP) is 0.828. The first-order valence-corrected chi connectivity index (χ1v) is 9.20. The summed E-state index contributed by atoms with van der Waals surface area (Å²) in [5.41, 5.74) is 3.55. The molecule has 0 spiro atoms. The highest BCUT2D eigenvalue weighted by atomic mass is 16.4. The summed E-state index contributed by atoms with van der Waals surface area (Å²) >= 11 is 0. The number of nitrogens with zero attached hydrogens (tertiary/aromatic N) is 1. The third-order valence-corrected chi connectivity index (χ3v) is 4.26. The molecule has 0 aliphatic heterocycles. The molecule has 8 nitrogen and oxygen atoms in total. The molecule has 0 bridgehead atoms. The summed E-state index contributed by atoms with van der Waals surface area (Å²) in [6.07, 6.45) is -3.51. The van der Waals surface area contributed by atoms with Crippen molar-refractivity contribution in [2.24, 2.45) is 4.99 Å². The Bertz CT molecular complexity index is 772. The van der Waals surface area contributed by atoms with Gasteiger partial charge >= 0.3 is 0 Å². The van der Waals surface area contributed by atoms with E-state index in [1.165, 1.54) is 0 Å². The molecule has 0 aliphatic carbocycles. The molecule has 156 valence electrons. The molecule has 2 rings (SSSR count). The number of aliphatic hydroxyl groups excluding tert-OH is 4. The van der Waals surface area contributed by atoms with Gasteiger partial charge in [-0.2, -0.15) is 0 Å². The average molecular weight is 401 g/mol. The lowest BCUT2D eigenvalue weighted by Gasteiger charge is -2.20. The van der Waals surface area contributed by atoms with E-state index in [9.17, 15) is 20.1 Å². The van der Waals surface area contributed by atoms with Gasteiger partial charge in [-0.1, -0.05) is 35.4 Å². The summed E-state index contributed by atoms with van der Waals surface area (Å²) in [4.78, 5) is 16.6. The molecule has 0 aliphatic rings. The Morgan fingerprint density at radius 2 is 1.31 bits per heavy atom. The van der Waals surface area contributed by atoms with E-state index in [2.05, 4.69) is 15.6 Å². The van der Waals surface area contributed by atoms with E-state index in [0.717, 1.165) is 11.1 Å². The summed E-state index contributed by atoms with van der Waals surface area (Å²) in [6.45, 7) is 2.45. The number of hydrogen-bond acceptors (Lipinski definition) is 6. The van der Waals surface area contributed by atoms with E-state index in [1.54, 1.807) is 0 Å². The Hall–Kier alpha value is -2.78. The van der Waals surface area contributed by atoms with E-state index >= 15 is 0 Å². The van der Waals surface area contributed by atoms with E-state index in [1.807, 2.05) is 62.4 Å². The lowest BCUT2D eigenvalue weighted by atomic mass is 10.0. The lowest BCUT2D eigenvalue weighted by molar-refractivity contribution is -0.136. The molecule has 0 aromatic heterocycles. The fourth-order valence-electron chi connectivity index (χ4n) is 2.48. The van der Waals surface area contributed by atoms with Crippen LogP contribution in [0, 0.1) is 13.8 Å². The summed E-state index contributed by atoms with van der Waals surface area (Å²) in [5.74, 6) is -0.723. The van der Waals surface area contributed by atoms with Crippen molar-refractivity contribution in [1.29, 1.82) is 0 Å². The summed E-state index contributed by atoms with van der Waals surface area (Å²) in [6, 6.07) is 13.6. The van der Waals surface area contributed by atoms with Crippen molar-refractivity contribution in [3.63, 3.8) is 0 Å². The highest BCUT2D eigenvalue weighted by molar-refractivity contribution is 6.05. The Morgan fingerprint density at radius 3 is 1.69 bits per heavy atom. The van der Waals surface area contributed by atoms with E-state index in [4.69, 9.17) is 5.11 Å². The standard InChI is InChI=1S/C21H27N3O5/c1-13-3-7-15(8-4-13)22-21(23-16-9-5-14(2)6-10-16)24-17(11-25)19(28)20(29)18(27)12-26/h3-10,17-18,20,25-27,29H,11-12H2,1-2H3,(H2,22,23,24)/t17-,18+,20+/m0/s1. The molecule has 0 radical (unpaired) electrons. The highest BCUT2D eigenvalue weighted by Crippen LogP contribution is 2.13. The molecule has 2 aromatic carbocycles. The number of Topliss-reactive ketones (excluding diaryl/α,β-unsaturated/α-hetero) is 1. The zero-order valence-corrected chi connectivity index (χ0v) is 16.4. The van der Waals surface area contributed by atoms with Crippen LogP contribution in [0.3, 0.4) is 0 Å². The number of aliphatic hydroxyl groups is 4. The van der Waals surface area contributed by atoms with Crippen molar-refractivity contribution < 1.29 is 25.2 Å². The van der Waals surface area contributed by atoms with Crippen LogP contribution in [-0.2, 0) is 4.79 Å².